The summed E-state index contributed by atoms with van der Waals surface area (Å²) < 4.78 is 31.3. The number of carbonyl (C=O) groups excluding carboxylic acids is 1. The van der Waals surface area contributed by atoms with Crippen LogP contribution in [0.25, 0.3) is 11.5 Å². The molecule has 1 amide bonds. The molecule has 0 saturated carbocycles. The highest BCUT2D eigenvalue weighted by Crippen LogP contribution is 2.25. The molecule has 0 aliphatic rings. The van der Waals surface area contributed by atoms with E-state index in [0.717, 1.165) is 11.3 Å². The van der Waals surface area contributed by atoms with E-state index in [1.165, 1.54) is 0 Å². The SMILES string of the molecule is Cc1ccc(S(=O)(=O)Cc2nc(-c3ccc(C(=O)NCc4ccccn4)cc3)oc2C)cc1. The van der Waals surface area contributed by atoms with Crippen molar-refractivity contribution < 1.29 is 17.6 Å². The summed E-state index contributed by atoms with van der Waals surface area (Å²) in [5, 5.41) is 2.83. The number of hydrogen-bond donors (Lipinski definition) is 1. The maximum Gasteiger partial charge on any atom is 0.251 e. The van der Waals surface area contributed by atoms with E-state index in [9.17, 15) is 13.2 Å². The number of pyridine rings is 1. The first kappa shape index (κ1) is 22.4. The number of aryl methyl sites for hydroxylation is 2. The topological polar surface area (TPSA) is 102 Å². The Balaban J connectivity index is 1.46. The second-order valence-electron chi connectivity index (χ2n) is 7.68. The third kappa shape index (κ3) is 5.35. The van der Waals surface area contributed by atoms with Crippen LogP contribution in [0.1, 0.15) is 33.1 Å². The van der Waals surface area contributed by atoms with Crippen LogP contribution in [-0.2, 0) is 22.1 Å². The van der Waals surface area contributed by atoms with Gasteiger partial charge < -0.3 is 9.73 Å². The van der Waals surface area contributed by atoms with Gasteiger partial charge in [-0.15, -0.1) is 0 Å². The lowest BCUT2D eigenvalue weighted by atomic mass is 10.1. The van der Waals surface area contributed by atoms with E-state index in [0.29, 0.717) is 35.0 Å². The highest BCUT2D eigenvalue weighted by Gasteiger charge is 2.21. The van der Waals surface area contributed by atoms with Crippen molar-refractivity contribution in [3.05, 3.63) is 101 Å². The average molecular weight is 462 g/mol. The molecule has 0 fully saturated rings. The number of nitrogens with zero attached hydrogens (tertiary/aromatic N) is 2. The van der Waals surface area contributed by atoms with Crippen LogP contribution < -0.4 is 5.32 Å². The van der Waals surface area contributed by atoms with E-state index < -0.39 is 9.84 Å². The fraction of sp³-hybridized carbons (Fsp3) is 0.160. The molecule has 2 heterocycles. The number of oxazole rings is 1. The van der Waals surface area contributed by atoms with E-state index in [1.54, 1.807) is 61.7 Å². The lowest BCUT2D eigenvalue weighted by Crippen LogP contribution is -2.23. The first-order valence-corrected chi connectivity index (χ1v) is 12.0. The van der Waals surface area contributed by atoms with Crippen molar-refractivity contribution in [3.63, 3.8) is 0 Å². The van der Waals surface area contributed by atoms with E-state index in [-0.39, 0.29) is 16.6 Å². The van der Waals surface area contributed by atoms with Gasteiger partial charge in [-0.2, -0.15) is 0 Å². The van der Waals surface area contributed by atoms with Gasteiger partial charge in [0.2, 0.25) is 5.89 Å². The van der Waals surface area contributed by atoms with Gasteiger partial charge in [-0.25, -0.2) is 13.4 Å². The van der Waals surface area contributed by atoms with Gasteiger partial charge in [0.05, 0.1) is 22.8 Å². The summed E-state index contributed by atoms with van der Waals surface area (Å²) in [4.78, 5) is 21.2. The van der Waals surface area contributed by atoms with Crippen molar-refractivity contribution in [1.82, 2.24) is 15.3 Å². The average Bonchev–Trinajstić information content (AvgIpc) is 3.18. The van der Waals surface area contributed by atoms with Gasteiger partial charge in [-0.1, -0.05) is 23.8 Å². The molecule has 33 heavy (non-hydrogen) atoms. The largest absolute Gasteiger partial charge is 0.441 e. The summed E-state index contributed by atoms with van der Waals surface area (Å²) in [6.45, 7) is 3.93. The number of carbonyl (C=O) groups is 1. The second-order valence-corrected chi connectivity index (χ2v) is 9.66. The summed E-state index contributed by atoms with van der Waals surface area (Å²) in [6.07, 6.45) is 1.68. The zero-order valence-corrected chi connectivity index (χ0v) is 19.1. The normalized spacial score (nSPS) is 11.3. The van der Waals surface area contributed by atoms with E-state index >= 15 is 0 Å². The van der Waals surface area contributed by atoms with Crippen molar-refractivity contribution >= 4 is 15.7 Å². The summed E-state index contributed by atoms with van der Waals surface area (Å²) in [7, 11) is -3.55. The number of amides is 1. The molecule has 0 bridgehead atoms. The van der Waals surface area contributed by atoms with Gasteiger partial charge in [0.1, 0.15) is 11.5 Å². The molecular formula is C25H23N3O4S. The van der Waals surface area contributed by atoms with E-state index in [4.69, 9.17) is 4.42 Å². The molecule has 8 heteroatoms. The molecule has 2 aromatic heterocycles. The fourth-order valence-electron chi connectivity index (χ4n) is 3.23. The Kier molecular flexibility index (Phi) is 6.37. The van der Waals surface area contributed by atoms with Crippen molar-refractivity contribution in [3.8, 4) is 11.5 Å². The smallest absolute Gasteiger partial charge is 0.251 e. The van der Waals surface area contributed by atoms with Crippen molar-refractivity contribution in [2.75, 3.05) is 0 Å². The van der Waals surface area contributed by atoms with E-state index in [1.807, 2.05) is 25.1 Å². The number of rotatable bonds is 7. The molecule has 4 aromatic rings. The van der Waals surface area contributed by atoms with Crippen molar-refractivity contribution in [1.29, 1.82) is 0 Å². The first-order chi connectivity index (χ1) is 15.8. The first-order valence-electron chi connectivity index (χ1n) is 10.4. The van der Waals surface area contributed by atoms with Crippen molar-refractivity contribution in [2.45, 2.75) is 31.0 Å². The predicted molar refractivity (Wildman–Crippen MR) is 124 cm³/mol. The maximum atomic E-state index is 12.8. The zero-order chi connectivity index (χ0) is 23.4. The van der Waals surface area contributed by atoms with Gasteiger partial charge >= 0.3 is 0 Å². The van der Waals surface area contributed by atoms with Crippen LogP contribution >= 0.6 is 0 Å². The minimum atomic E-state index is -3.55. The summed E-state index contributed by atoms with van der Waals surface area (Å²) in [6, 6.07) is 19.0. The number of benzene rings is 2. The Morgan fingerprint density at radius 2 is 1.70 bits per heavy atom. The van der Waals surface area contributed by atoms with Crippen LogP contribution in [0.3, 0.4) is 0 Å². The Morgan fingerprint density at radius 1 is 0.970 bits per heavy atom. The Hall–Kier alpha value is -3.78. The van der Waals surface area contributed by atoms with Crippen LogP contribution in [0.15, 0.2) is 82.2 Å². The third-order valence-electron chi connectivity index (χ3n) is 5.15. The minimum absolute atomic E-state index is 0.222. The molecule has 168 valence electrons. The highest BCUT2D eigenvalue weighted by atomic mass is 32.2. The predicted octanol–water partition coefficient (Wildman–Crippen LogP) is 4.26. The van der Waals surface area contributed by atoms with Gasteiger partial charge in [-0.05, 0) is 62.4 Å². The number of nitrogens with one attached hydrogen (secondary N) is 1. The molecule has 0 unspecified atom stereocenters. The standard InChI is InChI=1S/C25H23N3O4S/c1-17-6-12-22(13-7-17)33(30,31)16-23-18(2)32-25(28-23)20-10-8-19(9-11-20)24(29)27-15-21-5-3-4-14-26-21/h3-14H,15-16H2,1-2H3,(H,27,29). The summed E-state index contributed by atoms with van der Waals surface area (Å²) in [5.74, 6) is 0.278. The molecule has 4 rings (SSSR count). The highest BCUT2D eigenvalue weighted by molar-refractivity contribution is 7.90. The summed E-state index contributed by atoms with van der Waals surface area (Å²) in [5.41, 5.74) is 3.26. The van der Waals surface area contributed by atoms with Crippen molar-refractivity contribution in [2.24, 2.45) is 0 Å². The molecule has 0 aliphatic carbocycles. The third-order valence-corrected chi connectivity index (χ3v) is 6.79. The van der Waals surface area contributed by atoms with Crippen LogP contribution in [0.2, 0.25) is 0 Å². The van der Waals surface area contributed by atoms with Gasteiger partial charge in [-0.3, -0.25) is 9.78 Å². The second kappa shape index (κ2) is 9.38. The molecule has 1 N–H and O–H groups in total. The van der Waals surface area contributed by atoms with Gasteiger partial charge in [0, 0.05) is 17.3 Å². The van der Waals surface area contributed by atoms with Crippen LogP contribution in [-0.4, -0.2) is 24.3 Å². The Morgan fingerprint density at radius 3 is 2.36 bits per heavy atom. The quantitative estimate of drug-likeness (QED) is 0.441. The molecule has 0 radical (unpaired) electrons. The number of hydrogen-bond acceptors (Lipinski definition) is 6. The van der Waals surface area contributed by atoms with Crippen LogP contribution in [0, 0.1) is 13.8 Å². The lowest BCUT2D eigenvalue weighted by Gasteiger charge is -2.05. The summed E-state index contributed by atoms with van der Waals surface area (Å²) >= 11 is 0. The molecule has 7 nitrogen and oxygen atoms in total. The minimum Gasteiger partial charge on any atom is -0.441 e. The molecule has 0 saturated heterocycles. The lowest BCUT2D eigenvalue weighted by molar-refractivity contribution is 0.0950. The molecular weight excluding hydrogens is 438 g/mol. The molecule has 0 aliphatic heterocycles. The monoisotopic (exact) mass is 461 g/mol. The number of aromatic nitrogens is 2. The maximum absolute atomic E-state index is 12.8. The molecule has 0 atom stereocenters. The molecule has 0 spiro atoms. The fourth-order valence-corrected chi connectivity index (χ4v) is 4.58. The van der Waals surface area contributed by atoms with Gasteiger partial charge in [0.15, 0.2) is 9.84 Å². The van der Waals surface area contributed by atoms with Crippen LogP contribution in [0.4, 0.5) is 0 Å². The zero-order valence-electron chi connectivity index (χ0n) is 18.3. The molecule has 2 aromatic carbocycles. The van der Waals surface area contributed by atoms with Gasteiger partial charge in [0.25, 0.3) is 5.91 Å². The van der Waals surface area contributed by atoms with E-state index in [2.05, 4.69) is 15.3 Å². The van der Waals surface area contributed by atoms with Crippen LogP contribution in [0.5, 0.6) is 0 Å². The Bertz CT molecular complexity index is 1360. The Labute approximate surface area is 192 Å². The number of sulfone groups is 1.